The Morgan fingerprint density at radius 3 is 1.61 bits per heavy atom. The van der Waals surface area contributed by atoms with Gasteiger partial charge in [0.2, 0.25) is 0 Å². The third kappa shape index (κ3) is 35.0. The van der Waals surface area contributed by atoms with Gasteiger partial charge in [0.25, 0.3) is 0 Å². The van der Waals surface area contributed by atoms with Crippen LogP contribution in [-0.2, 0) is 28.6 Å². The summed E-state index contributed by atoms with van der Waals surface area (Å²) in [5.74, 6) is -1.79. The molecule has 0 spiro atoms. The van der Waals surface area contributed by atoms with E-state index in [1.807, 2.05) is 0 Å². The zero-order valence-corrected chi connectivity index (χ0v) is 35.4. The Kier molecular flexibility index (Phi) is 35.4. The van der Waals surface area contributed by atoms with Crippen molar-refractivity contribution in [3.8, 4) is 0 Å². The van der Waals surface area contributed by atoms with Gasteiger partial charge in [-0.3, -0.25) is 9.59 Å². The Morgan fingerprint density at radius 2 is 1.06 bits per heavy atom. The lowest BCUT2D eigenvalue weighted by Crippen LogP contribution is -2.55. The van der Waals surface area contributed by atoms with Gasteiger partial charge in [0.15, 0.2) is 6.10 Å². The maximum Gasteiger partial charge on any atom is 0.306 e. The van der Waals surface area contributed by atoms with Crippen LogP contribution in [0.1, 0.15) is 174 Å². The maximum atomic E-state index is 12.6. The van der Waals surface area contributed by atoms with Crippen molar-refractivity contribution in [3.05, 3.63) is 48.6 Å². The number of carboxylic acids is 1. The molecule has 0 aliphatic rings. The molecule has 0 saturated heterocycles. The second-order valence-corrected chi connectivity index (χ2v) is 15.5. The average molecular weight is 760 g/mol. The molecule has 0 saturated carbocycles. The minimum Gasteiger partial charge on any atom is -0.544 e. The third-order valence-corrected chi connectivity index (χ3v) is 9.45. The molecule has 0 aromatic carbocycles. The van der Waals surface area contributed by atoms with Crippen molar-refractivity contribution >= 4 is 17.9 Å². The number of carbonyl (C=O) groups excluding carboxylic acids is 3. The van der Waals surface area contributed by atoms with Crippen molar-refractivity contribution in [2.45, 2.75) is 187 Å². The molecular formula is C46H81NO7. The van der Waals surface area contributed by atoms with Crippen molar-refractivity contribution in [2.24, 2.45) is 0 Å². The highest BCUT2D eigenvalue weighted by Gasteiger charge is 2.25. The van der Waals surface area contributed by atoms with Crippen LogP contribution in [0.5, 0.6) is 0 Å². The van der Waals surface area contributed by atoms with E-state index < -0.39 is 18.1 Å². The molecule has 0 bridgehead atoms. The zero-order valence-electron chi connectivity index (χ0n) is 35.4. The van der Waals surface area contributed by atoms with Gasteiger partial charge in [-0.05, 0) is 64.2 Å². The van der Waals surface area contributed by atoms with Crippen LogP contribution in [0.4, 0.5) is 0 Å². The Labute approximate surface area is 331 Å². The SMILES string of the molecule is CC/C=C/C/C=C/C/C=C/CCCCCCCCCCCCCC(=O)OCC(COCCC(C(=O)[O-])[N+](C)(C)C)OC(=O)CCC/C=C/CCCCCC. The van der Waals surface area contributed by atoms with Gasteiger partial charge in [0, 0.05) is 19.3 Å². The fourth-order valence-corrected chi connectivity index (χ4v) is 6.09. The number of nitrogens with zero attached hydrogens (tertiary/aromatic N) is 1. The second kappa shape index (κ2) is 37.2. The van der Waals surface area contributed by atoms with E-state index in [-0.39, 0.29) is 49.1 Å². The van der Waals surface area contributed by atoms with E-state index in [1.165, 1.54) is 83.5 Å². The topological polar surface area (TPSA) is 102 Å². The summed E-state index contributed by atoms with van der Waals surface area (Å²) in [4.78, 5) is 36.7. The maximum absolute atomic E-state index is 12.6. The van der Waals surface area contributed by atoms with Crippen LogP contribution in [0, 0.1) is 0 Å². The molecule has 0 aliphatic heterocycles. The summed E-state index contributed by atoms with van der Waals surface area (Å²) >= 11 is 0. The molecule has 54 heavy (non-hydrogen) atoms. The number of quaternary nitrogens is 1. The number of unbranched alkanes of at least 4 members (excludes halogenated alkanes) is 16. The normalized spacial score (nSPS) is 13.4. The molecule has 312 valence electrons. The molecule has 2 unspecified atom stereocenters. The van der Waals surface area contributed by atoms with Crippen molar-refractivity contribution in [1.82, 2.24) is 0 Å². The number of allylic oxidation sites excluding steroid dienone is 8. The Balaban J connectivity index is 4.23. The van der Waals surface area contributed by atoms with Gasteiger partial charge in [-0.1, -0.05) is 140 Å². The van der Waals surface area contributed by atoms with E-state index in [0.717, 1.165) is 51.4 Å². The van der Waals surface area contributed by atoms with E-state index in [4.69, 9.17) is 14.2 Å². The minimum atomic E-state index is -1.13. The fourth-order valence-electron chi connectivity index (χ4n) is 6.09. The number of hydrogen-bond donors (Lipinski definition) is 0. The van der Waals surface area contributed by atoms with E-state index >= 15 is 0 Å². The molecule has 0 amide bonds. The first-order valence-electron chi connectivity index (χ1n) is 21.7. The van der Waals surface area contributed by atoms with Crippen LogP contribution in [0.2, 0.25) is 0 Å². The fraction of sp³-hybridized carbons (Fsp3) is 0.761. The van der Waals surface area contributed by atoms with Gasteiger partial charge in [-0.15, -0.1) is 0 Å². The summed E-state index contributed by atoms with van der Waals surface area (Å²) in [6.45, 7) is 4.48. The summed E-state index contributed by atoms with van der Waals surface area (Å²) in [5.41, 5.74) is 0. The first-order chi connectivity index (χ1) is 26.1. The van der Waals surface area contributed by atoms with E-state index in [1.54, 1.807) is 21.1 Å². The zero-order chi connectivity index (χ0) is 40.0. The first kappa shape index (κ1) is 51.3. The van der Waals surface area contributed by atoms with Gasteiger partial charge in [0.05, 0.1) is 40.3 Å². The summed E-state index contributed by atoms with van der Waals surface area (Å²) in [7, 11) is 5.39. The van der Waals surface area contributed by atoms with Gasteiger partial charge in [-0.25, -0.2) is 0 Å². The summed E-state index contributed by atoms with van der Waals surface area (Å²) in [6, 6.07) is -0.729. The number of likely N-dealkylation sites (N-methyl/N-ethyl adjacent to an activating group) is 1. The van der Waals surface area contributed by atoms with Crippen molar-refractivity contribution in [3.63, 3.8) is 0 Å². The van der Waals surface area contributed by atoms with Crippen LogP contribution < -0.4 is 5.11 Å². The minimum absolute atomic E-state index is 0.0285. The highest BCUT2D eigenvalue weighted by atomic mass is 16.6. The monoisotopic (exact) mass is 760 g/mol. The number of esters is 2. The van der Waals surface area contributed by atoms with Crippen LogP contribution in [0.3, 0.4) is 0 Å². The molecule has 0 radical (unpaired) electrons. The van der Waals surface area contributed by atoms with Crippen molar-refractivity contribution in [2.75, 3.05) is 41.0 Å². The molecule has 0 fully saturated rings. The lowest BCUT2D eigenvalue weighted by molar-refractivity contribution is -0.889. The van der Waals surface area contributed by atoms with E-state index in [9.17, 15) is 19.5 Å². The van der Waals surface area contributed by atoms with Crippen molar-refractivity contribution < 1.29 is 38.2 Å². The lowest BCUT2D eigenvalue weighted by atomic mass is 10.0. The standard InChI is InChI=1S/C46H81NO7/c1-6-8-10-12-14-16-17-18-19-20-21-22-23-24-25-26-27-29-30-32-34-36-44(48)53-41-42(40-52-39-38-43(46(50)51)47(3,4)5)54-45(49)37-35-33-31-28-15-13-11-9-7-2/h8,10,14,16,18-19,28,31,42-43H,6-7,9,11-13,15,17,20-27,29-30,32-41H2,1-5H3/b10-8+,16-14+,19-18+,31-28+. The summed E-state index contributed by atoms with van der Waals surface area (Å²) in [6.07, 6.45) is 43.0. The van der Waals surface area contributed by atoms with Crippen LogP contribution in [0.15, 0.2) is 48.6 Å². The molecular weight excluding hydrogens is 679 g/mol. The molecule has 0 N–H and O–H groups in total. The highest BCUT2D eigenvalue weighted by Crippen LogP contribution is 2.14. The summed E-state index contributed by atoms with van der Waals surface area (Å²) in [5, 5.41) is 11.6. The van der Waals surface area contributed by atoms with Gasteiger partial charge < -0.3 is 28.6 Å². The highest BCUT2D eigenvalue weighted by molar-refractivity contribution is 5.70. The molecule has 0 heterocycles. The molecule has 0 aromatic rings. The second-order valence-electron chi connectivity index (χ2n) is 15.5. The number of ether oxygens (including phenoxy) is 3. The lowest BCUT2D eigenvalue weighted by Gasteiger charge is -2.34. The Bertz CT molecular complexity index is 1030. The van der Waals surface area contributed by atoms with Gasteiger partial charge in [-0.2, -0.15) is 0 Å². The first-order valence-corrected chi connectivity index (χ1v) is 21.7. The largest absolute Gasteiger partial charge is 0.544 e. The van der Waals surface area contributed by atoms with Crippen LogP contribution in [0.25, 0.3) is 0 Å². The molecule has 8 heteroatoms. The summed E-state index contributed by atoms with van der Waals surface area (Å²) < 4.78 is 17.1. The third-order valence-electron chi connectivity index (χ3n) is 9.45. The average Bonchev–Trinajstić information content (AvgIpc) is 3.12. The molecule has 0 aromatic heterocycles. The van der Waals surface area contributed by atoms with E-state index in [0.29, 0.717) is 12.8 Å². The number of aliphatic carboxylic acids is 1. The number of rotatable bonds is 38. The number of carboxylic acid groups (broad SMARTS) is 1. The molecule has 2 atom stereocenters. The predicted molar refractivity (Wildman–Crippen MR) is 222 cm³/mol. The molecule has 0 aliphatic carbocycles. The molecule has 0 rings (SSSR count). The predicted octanol–water partition coefficient (Wildman–Crippen LogP) is 10.3. The van der Waals surface area contributed by atoms with Gasteiger partial charge >= 0.3 is 11.9 Å². The quantitative estimate of drug-likeness (QED) is 0.0267. The molecule has 8 nitrogen and oxygen atoms in total. The Morgan fingerprint density at radius 1 is 0.574 bits per heavy atom. The van der Waals surface area contributed by atoms with Crippen molar-refractivity contribution in [1.29, 1.82) is 0 Å². The smallest absolute Gasteiger partial charge is 0.306 e. The van der Waals surface area contributed by atoms with Gasteiger partial charge in [0.1, 0.15) is 12.6 Å². The Hall–Kier alpha value is -2.71. The van der Waals surface area contributed by atoms with E-state index in [2.05, 4.69) is 62.5 Å². The van der Waals surface area contributed by atoms with Crippen LogP contribution >= 0.6 is 0 Å². The number of carbonyl (C=O) groups is 3. The number of hydrogen-bond acceptors (Lipinski definition) is 7. The van der Waals surface area contributed by atoms with Crippen LogP contribution in [-0.4, -0.2) is 75.5 Å².